The van der Waals surface area contributed by atoms with Crippen molar-refractivity contribution in [2.24, 2.45) is 0 Å². The van der Waals surface area contributed by atoms with Crippen molar-refractivity contribution >= 4 is 0 Å². The Hall–Kier alpha value is -1.12. The molecule has 0 rings (SSSR count). The summed E-state index contributed by atoms with van der Waals surface area (Å²) in [6.45, 7) is 11.6. The van der Waals surface area contributed by atoms with E-state index in [0.717, 1.165) is 18.4 Å². The van der Waals surface area contributed by atoms with E-state index in [0.29, 0.717) is 0 Å². The summed E-state index contributed by atoms with van der Waals surface area (Å²) < 4.78 is 0. The van der Waals surface area contributed by atoms with Gasteiger partial charge in [-0.1, -0.05) is 42.0 Å². The summed E-state index contributed by atoms with van der Waals surface area (Å²) in [4.78, 5) is 4.56. The first-order valence-corrected chi connectivity index (χ1v) is 5.88. The monoisotopic (exact) mass is 236 g/mol. The molecule has 0 aliphatic rings. The first kappa shape index (κ1) is 15.9. The second-order valence-electron chi connectivity index (χ2n) is 4.70. The van der Waals surface area contributed by atoms with E-state index in [1.807, 2.05) is 32.1 Å². The quantitative estimate of drug-likeness (QED) is 0.301. The van der Waals surface area contributed by atoms with Crippen molar-refractivity contribution in [3.8, 4) is 0 Å². The fourth-order valence-electron chi connectivity index (χ4n) is 1.28. The molecule has 0 fully saturated rings. The number of hydrogen-bond donors (Lipinski definition) is 1. The van der Waals surface area contributed by atoms with Gasteiger partial charge in [0.2, 0.25) is 0 Å². The van der Waals surface area contributed by atoms with Crippen molar-refractivity contribution in [1.82, 2.24) is 0 Å². The van der Waals surface area contributed by atoms with Crippen molar-refractivity contribution in [3.63, 3.8) is 0 Å². The maximum atomic E-state index is 8.96. The van der Waals surface area contributed by atoms with E-state index in [2.05, 4.69) is 31.4 Å². The topological polar surface area (TPSA) is 29.5 Å². The van der Waals surface area contributed by atoms with Crippen LogP contribution in [0.1, 0.15) is 40.5 Å². The summed E-state index contributed by atoms with van der Waals surface area (Å²) in [6.07, 6.45) is 11.2. The molecule has 0 saturated heterocycles. The normalized spacial score (nSPS) is 15.7. The predicted octanol–water partition coefficient (Wildman–Crippen LogP) is 4.67. The lowest BCUT2D eigenvalue weighted by atomic mass is 9.98. The third-order valence-corrected chi connectivity index (χ3v) is 2.53. The molecule has 0 bridgehead atoms. The molecule has 1 N–H and O–H groups in total. The van der Waals surface area contributed by atoms with Crippen LogP contribution in [0.2, 0.25) is 0 Å². The van der Waals surface area contributed by atoms with Gasteiger partial charge in [0.15, 0.2) is 0 Å². The maximum Gasteiger partial charge on any atom is 0.119 e. The zero-order chi connectivity index (χ0) is 13.3. The molecule has 0 radical (unpaired) electrons. The number of rotatable bonds is 7. The highest BCUT2D eigenvalue weighted by atomic mass is 17.1. The zero-order valence-corrected chi connectivity index (χ0v) is 11.4. The largest absolute Gasteiger partial charge is 0.251 e. The molecule has 0 aliphatic carbocycles. The Kier molecular flexibility index (Phi) is 7.51. The van der Waals surface area contributed by atoms with Crippen LogP contribution < -0.4 is 0 Å². The van der Waals surface area contributed by atoms with Gasteiger partial charge in [0.05, 0.1) is 0 Å². The van der Waals surface area contributed by atoms with Crippen LogP contribution in [-0.2, 0) is 4.89 Å². The molecule has 0 aromatic rings. The van der Waals surface area contributed by atoms with Crippen molar-refractivity contribution < 1.29 is 10.1 Å². The molecule has 0 aliphatic heterocycles. The SMILES string of the molecule is C=CC(C)=CC=CC(C)(CCC=C(C)C)OO. The van der Waals surface area contributed by atoms with Gasteiger partial charge >= 0.3 is 0 Å². The van der Waals surface area contributed by atoms with Crippen LogP contribution in [-0.4, -0.2) is 10.9 Å². The van der Waals surface area contributed by atoms with Crippen LogP contribution in [0.5, 0.6) is 0 Å². The summed E-state index contributed by atoms with van der Waals surface area (Å²) in [7, 11) is 0. The Bertz CT molecular complexity index is 320. The molecule has 0 aromatic heterocycles. The second-order valence-corrected chi connectivity index (χ2v) is 4.70. The average Bonchev–Trinajstić information content (AvgIpc) is 2.28. The molecule has 0 amide bonds. The molecule has 1 unspecified atom stereocenters. The van der Waals surface area contributed by atoms with Crippen LogP contribution in [0.25, 0.3) is 0 Å². The highest BCUT2D eigenvalue weighted by Crippen LogP contribution is 2.19. The zero-order valence-electron chi connectivity index (χ0n) is 11.4. The van der Waals surface area contributed by atoms with Crippen LogP contribution >= 0.6 is 0 Å². The van der Waals surface area contributed by atoms with E-state index >= 15 is 0 Å². The molecule has 17 heavy (non-hydrogen) atoms. The summed E-state index contributed by atoms with van der Waals surface area (Å²) in [5.41, 5.74) is 1.71. The lowest BCUT2D eigenvalue weighted by Gasteiger charge is -2.21. The Morgan fingerprint density at radius 3 is 2.47 bits per heavy atom. The van der Waals surface area contributed by atoms with Gasteiger partial charge in [-0.05, 0) is 46.6 Å². The molecule has 0 saturated carbocycles. The first-order chi connectivity index (χ1) is 7.93. The summed E-state index contributed by atoms with van der Waals surface area (Å²) in [5, 5.41) is 8.96. The Morgan fingerprint density at radius 1 is 1.35 bits per heavy atom. The number of hydrogen-bond acceptors (Lipinski definition) is 2. The third-order valence-electron chi connectivity index (χ3n) is 2.53. The first-order valence-electron chi connectivity index (χ1n) is 5.88. The minimum absolute atomic E-state index is 0.635. The number of allylic oxidation sites excluding steroid dienone is 6. The fourth-order valence-corrected chi connectivity index (χ4v) is 1.28. The highest BCUT2D eigenvalue weighted by molar-refractivity contribution is 5.21. The average molecular weight is 236 g/mol. The predicted molar refractivity (Wildman–Crippen MR) is 73.9 cm³/mol. The van der Waals surface area contributed by atoms with Gasteiger partial charge < -0.3 is 0 Å². The van der Waals surface area contributed by atoms with E-state index < -0.39 is 5.60 Å². The van der Waals surface area contributed by atoms with Gasteiger partial charge in [-0.2, -0.15) is 0 Å². The standard InChI is InChI=1S/C15H24O2/c1-6-14(4)10-8-12-15(5,17-16)11-7-9-13(2)3/h6,8-10,12,16H,1,7,11H2,2-5H3. The Morgan fingerprint density at radius 2 is 2.00 bits per heavy atom. The molecular formula is C15H24O2. The third kappa shape index (κ3) is 7.72. The van der Waals surface area contributed by atoms with Crippen LogP contribution in [0, 0.1) is 0 Å². The van der Waals surface area contributed by atoms with E-state index in [1.54, 1.807) is 6.08 Å². The summed E-state index contributed by atoms with van der Waals surface area (Å²) in [5.74, 6) is 0. The Balaban J connectivity index is 4.46. The molecule has 0 heterocycles. The Labute approximate surface area is 105 Å². The molecule has 1 atom stereocenters. The molecule has 0 spiro atoms. The minimum Gasteiger partial charge on any atom is -0.251 e. The van der Waals surface area contributed by atoms with Gasteiger partial charge in [-0.25, -0.2) is 4.89 Å². The molecule has 2 nitrogen and oxygen atoms in total. The molecular weight excluding hydrogens is 212 g/mol. The lowest BCUT2D eigenvalue weighted by Crippen LogP contribution is -2.24. The molecule has 0 aromatic carbocycles. The minimum atomic E-state index is -0.635. The summed E-state index contributed by atoms with van der Waals surface area (Å²) >= 11 is 0. The van der Waals surface area contributed by atoms with Crippen molar-refractivity contribution in [2.45, 2.75) is 46.1 Å². The van der Waals surface area contributed by atoms with E-state index in [1.165, 1.54) is 5.57 Å². The molecule has 2 heteroatoms. The van der Waals surface area contributed by atoms with E-state index in [4.69, 9.17) is 5.26 Å². The smallest absolute Gasteiger partial charge is 0.119 e. The van der Waals surface area contributed by atoms with Crippen molar-refractivity contribution in [3.05, 3.63) is 48.1 Å². The fraction of sp³-hybridized carbons (Fsp3) is 0.467. The van der Waals surface area contributed by atoms with Gasteiger partial charge in [-0.15, -0.1) is 0 Å². The van der Waals surface area contributed by atoms with Crippen molar-refractivity contribution in [1.29, 1.82) is 0 Å². The molecule has 96 valence electrons. The van der Waals surface area contributed by atoms with Crippen molar-refractivity contribution in [2.75, 3.05) is 0 Å². The van der Waals surface area contributed by atoms with Crippen LogP contribution in [0.4, 0.5) is 0 Å². The lowest BCUT2D eigenvalue weighted by molar-refractivity contribution is -0.303. The van der Waals surface area contributed by atoms with Gasteiger partial charge in [0.1, 0.15) is 5.60 Å². The van der Waals surface area contributed by atoms with Gasteiger partial charge in [0.25, 0.3) is 0 Å². The van der Waals surface area contributed by atoms with Crippen LogP contribution in [0.15, 0.2) is 48.1 Å². The van der Waals surface area contributed by atoms with E-state index in [9.17, 15) is 0 Å². The van der Waals surface area contributed by atoms with Crippen LogP contribution in [0.3, 0.4) is 0 Å². The highest BCUT2D eigenvalue weighted by Gasteiger charge is 2.20. The van der Waals surface area contributed by atoms with Gasteiger partial charge in [-0.3, -0.25) is 5.26 Å². The maximum absolute atomic E-state index is 8.96. The second kappa shape index (κ2) is 8.04. The van der Waals surface area contributed by atoms with Gasteiger partial charge in [0, 0.05) is 0 Å². The van der Waals surface area contributed by atoms with E-state index in [-0.39, 0.29) is 0 Å². The summed E-state index contributed by atoms with van der Waals surface area (Å²) in [6, 6.07) is 0.